The van der Waals surface area contributed by atoms with Crippen LogP contribution in [-0.4, -0.2) is 59.8 Å². The standard InChI is InChI=1S/C19H29N3O2/c23-15-17-9-11-22(14-17)19(24)20-12-18-8-4-5-10-21(18)13-16-6-2-1-3-7-16/h1-3,6-7,17-18,23H,4-5,8-15H2,(H,20,24). The molecule has 0 radical (unpaired) electrons. The van der Waals surface area contributed by atoms with E-state index in [1.807, 2.05) is 11.0 Å². The molecule has 2 N–H and O–H groups in total. The van der Waals surface area contributed by atoms with Crippen LogP contribution in [0.25, 0.3) is 0 Å². The van der Waals surface area contributed by atoms with Crippen LogP contribution in [-0.2, 0) is 6.54 Å². The predicted octanol–water partition coefficient (Wildman–Crippen LogP) is 2.06. The molecule has 2 atom stereocenters. The summed E-state index contributed by atoms with van der Waals surface area (Å²) in [5.74, 6) is 0.250. The zero-order valence-electron chi connectivity index (χ0n) is 14.4. The second-order valence-electron chi connectivity index (χ2n) is 7.08. The van der Waals surface area contributed by atoms with Crippen molar-refractivity contribution >= 4 is 6.03 Å². The highest BCUT2D eigenvalue weighted by Gasteiger charge is 2.27. The smallest absolute Gasteiger partial charge is 0.317 e. The number of hydrogen-bond acceptors (Lipinski definition) is 3. The molecular formula is C19H29N3O2. The number of nitrogens with zero attached hydrogens (tertiary/aromatic N) is 2. The lowest BCUT2D eigenvalue weighted by Gasteiger charge is -2.36. The maximum absolute atomic E-state index is 12.3. The molecule has 2 aliphatic heterocycles. The number of likely N-dealkylation sites (tertiary alicyclic amines) is 2. The van der Waals surface area contributed by atoms with E-state index in [1.54, 1.807) is 0 Å². The van der Waals surface area contributed by atoms with Gasteiger partial charge in [0.25, 0.3) is 0 Å². The molecule has 3 rings (SSSR count). The molecule has 1 aromatic rings. The number of carbonyl (C=O) groups is 1. The average Bonchev–Trinajstić information content (AvgIpc) is 3.11. The molecule has 2 aliphatic rings. The normalized spacial score (nSPS) is 25.0. The summed E-state index contributed by atoms with van der Waals surface area (Å²) in [6.07, 6.45) is 4.53. The number of rotatable bonds is 5. The lowest BCUT2D eigenvalue weighted by atomic mass is 10.0. The molecule has 0 spiro atoms. The van der Waals surface area contributed by atoms with Crippen molar-refractivity contribution in [3.8, 4) is 0 Å². The van der Waals surface area contributed by atoms with Crippen LogP contribution in [0.4, 0.5) is 4.79 Å². The Balaban J connectivity index is 1.50. The van der Waals surface area contributed by atoms with Crippen molar-refractivity contribution in [3.05, 3.63) is 35.9 Å². The third kappa shape index (κ3) is 4.48. The van der Waals surface area contributed by atoms with Gasteiger partial charge in [-0.05, 0) is 31.4 Å². The average molecular weight is 331 g/mol. The fraction of sp³-hybridized carbons (Fsp3) is 0.632. The van der Waals surface area contributed by atoms with Crippen LogP contribution in [0.15, 0.2) is 30.3 Å². The number of nitrogens with one attached hydrogen (secondary N) is 1. The van der Waals surface area contributed by atoms with Gasteiger partial charge in [-0.2, -0.15) is 0 Å². The molecule has 0 saturated carbocycles. The SMILES string of the molecule is O=C(NCC1CCCCN1Cc1ccccc1)N1CCC(CO)C1. The lowest BCUT2D eigenvalue weighted by Crippen LogP contribution is -2.48. The molecule has 2 heterocycles. The Morgan fingerprint density at radius 2 is 2.00 bits per heavy atom. The summed E-state index contributed by atoms with van der Waals surface area (Å²) in [5, 5.41) is 12.3. The van der Waals surface area contributed by atoms with Crippen molar-refractivity contribution in [1.82, 2.24) is 15.1 Å². The number of hydrogen-bond donors (Lipinski definition) is 2. The van der Waals surface area contributed by atoms with Crippen LogP contribution in [0.5, 0.6) is 0 Å². The molecule has 2 unspecified atom stereocenters. The third-order valence-corrected chi connectivity index (χ3v) is 5.30. The second-order valence-corrected chi connectivity index (χ2v) is 7.08. The maximum Gasteiger partial charge on any atom is 0.317 e. The van der Waals surface area contributed by atoms with Crippen molar-refractivity contribution in [2.45, 2.75) is 38.3 Å². The number of aliphatic hydroxyl groups is 1. The van der Waals surface area contributed by atoms with E-state index in [-0.39, 0.29) is 18.6 Å². The van der Waals surface area contributed by atoms with Gasteiger partial charge in [-0.25, -0.2) is 4.79 Å². The molecule has 0 aromatic heterocycles. The molecular weight excluding hydrogens is 302 g/mol. The molecule has 5 nitrogen and oxygen atoms in total. The van der Waals surface area contributed by atoms with E-state index in [0.29, 0.717) is 19.1 Å². The van der Waals surface area contributed by atoms with Gasteiger partial charge in [0.2, 0.25) is 0 Å². The lowest BCUT2D eigenvalue weighted by molar-refractivity contribution is 0.135. The molecule has 2 fully saturated rings. The highest BCUT2D eigenvalue weighted by molar-refractivity contribution is 5.74. The number of aliphatic hydroxyl groups excluding tert-OH is 1. The molecule has 5 heteroatoms. The van der Waals surface area contributed by atoms with Gasteiger partial charge in [-0.3, -0.25) is 4.90 Å². The molecule has 0 bridgehead atoms. The molecule has 1 aromatic carbocycles. The van der Waals surface area contributed by atoms with Gasteiger partial charge in [0.1, 0.15) is 0 Å². The monoisotopic (exact) mass is 331 g/mol. The Labute approximate surface area is 144 Å². The molecule has 24 heavy (non-hydrogen) atoms. The molecule has 2 saturated heterocycles. The molecule has 0 aliphatic carbocycles. The van der Waals surface area contributed by atoms with Gasteiger partial charge < -0.3 is 15.3 Å². The Kier molecular flexibility index (Phi) is 6.10. The Morgan fingerprint density at radius 1 is 1.17 bits per heavy atom. The van der Waals surface area contributed by atoms with E-state index >= 15 is 0 Å². The van der Waals surface area contributed by atoms with Gasteiger partial charge in [0.05, 0.1) is 0 Å². The highest BCUT2D eigenvalue weighted by atomic mass is 16.3. The number of carbonyl (C=O) groups excluding carboxylic acids is 1. The fourth-order valence-electron chi connectivity index (χ4n) is 3.80. The number of urea groups is 1. The summed E-state index contributed by atoms with van der Waals surface area (Å²) in [4.78, 5) is 16.7. The second kappa shape index (κ2) is 8.49. The maximum atomic E-state index is 12.3. The van der Waals surface area contributed by atoms with Crippen molar-refractivity contribution in [3.63, 3.8) is 0 Å². The third-order valence-electron chi connectivity index (χ3n) is 5.30. The topological polar surface area (TPSA) is 55.8 Å². The predicted molar refractivity (Wildman–Crippen MR) is 94.7 cm³/mol. The molecule has 2 amide bonds. The van der Waals surface area contributed by atoms with Crippen LogP contribution in [0.2, 0.25) is 0 Å². The highest BCUT2D eigenvalue weighted by Crippen LogP contribution is 2.20. The Bertz CT molecular complexity index is 523. The molecule has 132 valence electrons. The number of piperidine rings is 1. The van der Waals surface area contributed by atoms with E-state index in [4.69, 9.17) is 0 Å². The van der Waals surface area contributed by atoms with Crippen LogP contribution >= 0.6 is 0 Å². The fourth-order valence-corrected chi connectivity index (χ4v) is 3.80. The van der Waals surface area contributed by atoms with Gasteiger partial charge in [-0.15, -0.1) is 0 Å². The van der Waals surface area contributed by atoms with Crippen LogP contribution < -0.4 is 5.32 Å². The summed E-state index contributed by atoms with van der Waals surface area (Å²) in [6.45, 7) is 4.39. The van der Waals surface area contributed by atoms with Crippen LogP contribution in [0, 0.1) is 5.92 Å². The minimum absolute atomic E-state index is 0.0242. The minimum atomic E-state index is 0.0242. The first-order valence-corrected chi connectivity index (χ1v) is 9.18. The van der Waals surface area contributed by atoms with E-state index < -0.39 is 0 Å². The van der Waals surface area contributed by atoms with E-state index in [0.717, 1.165) is 32.5 Å². The van der Waals surface area contributed by atoms with Crippen LogP contribution in [0.1, 0.15) is 31.2 Å². The summed E-state index contributed by atoms with van der Waals surface area (Å²) >= 11 is 0. The van der Waals surface area contributed by atoms with E-state index in [1.165, 1.54) is 18.4 Å². The largest absolute Gasteiger partial charge is 0.396 e. The van der Waals surface area contributed by atoms with Crippen molar-refractivity contribution in [2.24, 2.45) is 5.92 Å². The van der Waals surface area contributed by atoms with Gasteiger partial charge in [0, 0.05) is 44.7 Å². The van der Waals surface area contributed by atoms with E-state index in [2.05, 4.69) is 34.5 Å². The van der Waals surface area contributed by atoms with E-state index in [9.17, 15) is 9.90 Å². The quantitative estimate of drug-likeness (QED) is 0.868. The number of amides is 2. The first kappa shape index (κ1) is 17.2. The summed E-state index contributed by atoms with van der Waals surface area (Å²) in [5.41, 5.74) is 1.33. The summed E-state index contributed by atoms with van der Waals surface area (Å²) in [6, 6.07) is 11.0. The first-order valence-electron chi connectivity index (χ1n) is 9.18. The van der Waals surface area contributed by atoms with Gasteiger partial charge in [0.15, 0.2) is 0 Å². The van der Waals surface area contributed by atoms with Crippen LogP contribution in [0.3, 0.4) is 0 Å². The van der Waals surface area contributed by atoms with Crippen molar-refractivity contribution in [1.29, 1.82) is 0 Å². The van der Waals surface area contributed by atoms with Crippen molar-refractivity contribution in [2.75, 3.05) is 32.8 Å². The zero-order chi connectivity index (χ0) is 16.8. The van der Waals surface area contributed by atoms with Gasteiger partial charge in [-0.1, -0.05) is 36.8 Å². The number of benzene rings is 1. The minimum Gasteiger partial charge on any atom is -0.396 e. The van der Waals surface area contributed by atoms with Gasteiger partial charge >= 0.3 is 6.03 Å². The summed E-state index contributed by atoms with van der Waals surface area (Å²) < 4.78 is 0. The Hall–Kier alpha value is -1.59. The zero-order valence-corrected chi connectivity index (χ0v) is 14.4. The Morgan fingerprint density at radius 3 is 2.75 bits per heavy atom. The summed E-state index contributed by atoms with van der Waals surface area (Å²) in [7, 11) is 0. The first-order chi connectivity index (χ1) is 11.8. The van der Waals surface area contributed by atoms with Crippen molar-refractivity contribution < 1.29 is 9.90 Å².